The Bertz CT molecular complexity index is 1000. The fraction of sp³-hybridized carbons (Fsp3) is 0.478. The molecule has 2 aliphatic heterocycles. The van der Waals surface area contributed by atoms with Crippen molar-refractivity contribution in [2.75, 3.05) is 38.2 Å². The number of aliphatic imine (C=N–C) groups is 1. The summed E-state index contributed by atoms with van der Waals surface area (Å²) in [6, 6.07) is 9.95. The summed E-state index contributed by atoms with van der Waals surface area (Å²) in [5, 5.41) is 4.60. The van der Waals surface area contributed by atoms with Crippen LogP contribution in [-0.2, 0) is 20.7 Å². The maximum atomic E-state index is 13.0. The highest BCUT2D eigenvalue weighted by Crippen LogP contribution is 2.28. The van der Waals surface area contributed by atoms with Gasteiger partial charge in [-0.25, -0.2) is 9.67 Å². The standard InChI is InChI=1S/C23H29N5O3/c1-4-31-23(30)17-9-11-27(12-10-17)15-22(29)26(3)21-13-16(2)25-28(21)20-14-18-7-5-6-8-19(18)24-20/h5-8,13,17H,4,9-12,14-15H2,1-3H3. The Morgan fingerprint density at radius 1 is 1.23 bits per heavy atom. The Morgan fingerprint density at radius 2 is 1.97 bits per heavy atom. The number of anilines is 1. The summed E-state index contributed by atoms with van der Waals surface area (Å²) in [7, 11) is 1.78. The molecule has 0 saturated carbocycles. The van der Waals surface area contributed by atoms with Crippen LogP contribution in [0.3, 0.4) is 0 Å². The summed E-state index contributed by atoms with van der Waals surface area (Å²) in [6.45, 7) is 5.88. The first-order chi connectivity index (χ1) is 15.0. The lowest BCUT2D eigenvalue weighted by Gasteiger charge is -2.31. The predicted molar refractivity (Wildman–Crippen MR) is 119 cm³/mol. The molecule has 1 fully saturated rings. The van der Waals surface area contributed by atoms with Crippen LogP contribution in [0, 0.1) is 12.8 Å². The second kappa shape index (κ2) is 9.01. The van der Waals surface area contributed by atoms with E-state index in [0.29, 0.717) is 32.7 Å². The zero-order valence-corrected chi connectivity index (χ0v) is 18.4. The van der Waals surface area contributed by atoms with Crippen LogP contribution in [0.4, 0.5) is 11.5 Å². The number of aryl methyl sites for hydroxylation is 1. The van der Waals surface area contributed by atoms with Gasteiger partial charge in [0.1, 0.15) is 11.7 Å². The average molecular weight is 424 g/mol. The molecule has 1 saturated heterocycles. The lowest BCUT2D eigenvalue weighted by atomic mass is 9.97. The minimum atomic E-state index is -0.122. The van der Waals surface area contributed by atoms with E-state index in [-0.39, 0.29) is 17.8 Å². The summed E-state index contributed by atoms with van der Waals surface area (Å²) < 4.78 is 6.91. The molecule has 1 amide bonds. The van der Waals surface area contributed by atoms with Gasteiger partial charge in [0.25, 0.3) is 0 Å². The van der Waals surface area contributed by atoms with E-state index in [1.807, 2.05) is 38.1 Å². The van der Waals surface area contributed by atoms with Crippen molar-refractivity contribution in [2.24, 2.45) is 10.9 Å². The number of hydrogen-bond donors (Lipinski definition) is 0. The summed E-state index contributed by atoms with van der Waals surface area (Å²) in [5.41, 5.74) is 2.95. The van der Waals surface area contributed by atoms with Crippen LogP contribution < -0.4 is 4.90 Å². The Labute approximate surface area is 182 Å². The Kier molecular flexibility index (Phi) is 6.18. The number of carbonyl (C=O) groups is 2. The van der Waals surface area contributed by atoms with Crippen molar-refractivity contribution in [2.45, 2.75) is 33.1 Å². The number of ether oxygens (including phenoxy) is 1. The number of fused-ring (bicyclic) bond motifs is 1. The Hall–Kier alpha value is -3.00. The molecule has 3 heterocycles. The molecule has 0 radical (unpaired) electrons. The zero-order chi connectivity index (χ0) is 22.0. The number of hydrogen-bond acceptors (Lipinski definition) is 6. The lowest BCUT2D eigenvalue weighted by Crippen LogP contribution is -2.44. The van der Waals surface area contributed by atoms with Crippen molar-refractivity contribution >= 4 is 29.2 Å². The van der Waals surface area contributed by atoms with Gasteiger partial charge in [0.15, 0.2) is 0 Å². The Balaban J connectivity index is 1.41. The molecule has 1 aromatic carbocycles. The molecule has 0 unspecified atom stereocenters. The maximum absolute atomic E-state index is 13.0. The highest BCUT2D eigenvalue weighted by Gasteiger charge is 2.29. The van der Waals surface area contributed by atoms with Gasteiger partial charge in [0.05, 0.1) is 30.5 Å². The molecular weight excluding hydrogens is 394 g/mol. The quantitative estimate of drug-likeness (QED) is 0.691. The molecule has 0 aliphatic carbocycles. The number of nitrogens with zero attached hydrogens (tertiary/aromatic N) is 5. The van der Waals surface area contributed by atoms with Crippen LogP contribution in [0.2, 0.25) is 0 Å². The van der Waals surface area contributed by atoms with E-state index < -0.39 is 0 Å². The van der Waals surface area contributed by atoms with Crippen molar-refractivity contribution in [1.29, 1.82) is 0 Å². The monoisotopic (exact) mass is 423 g/mol. The van der Waals surface area contributed by atoms with Gasteiger partial charge in [-0.2, -0.15) is 5.10 Å². The number of aromatic nitrogens is 2. The SMILES string of the molecule is CCOC(=O)C1CCN(CC(=O)N(C)c2cc(C)nn2C2=Nc3ccccc3C2)CC1. The second-order valence-electron chi connectivity index (χ2n) is 8.14. The molecule has 0 bridgehead atoms. The zero-order valence-electron chi connectivity index (χ0n) is 18.4. The van der Waals surface area contributed by atoms with Crippen molar-refractivity contribution < 1.29 is 14.3 Å². The van der Waals surface area contributed by atoms with Crippen LogP contribution in [0.1, 0.15) is 31.0 Å². The number of esters is 1. The molecule has 2 aromatic rings. The number of piperidine rings is 1. The van der Waals surface area contributed by atoms with Crippen LogP contribution in [0.5, 0.6) is 0 Å². The molecule has 1 aromatic heterocycles. The first kappa shape index (κ1) is 21.2. The van der Waals surface area contributed by atoms with E-state index in [9.17, 15) is 9.59 Å². The van der Waals surface area contributed by atoms with Crippen molar-refractivity contribution in [3.8, 4) is 0 Å². The molecule has 164 valence electrons. The highest BCUT2D eigenvalue weighted by molar-refractivity contribution is 5.99. The summed E-state index contributed by atoms with van der Waals surface area (Å²) in [5.74, 6) is 1.35. The van der Waals surface area contributed by atoms with Crippen LogP contribution in [-0.4, -0.2) is 65.7 Å². The number of amides is 1. The molecule has 8 nitrogen and oxygen atoms in total. The average Bonchev–Trinajstić information content (AvgIpc) is 3.37. The molecule has 0 atom stereocenters. The van der Waals surface area contributed by atoms with E-state index in [0.717, 1.165) is 41.4 Å². The smallest absolute Gasteiger partial charge is 0.309 e. The van der Waals surface area contributed by atoms with Crippen LogP contribution >= 0.6 is 0 Å². The molecule has 0 N–H and O–H groups in total. The van der Waals surface area contributed by atoms with Crippen molar-refractivity contribution in [3.63, 3.8) is 0 Å². The largest absolute Gasteiger partial charge is 0.466 e. The van der Waals surface area contributed by atoms with E-state index in [4.69, 9.17) is 9.73 Å². The van der Waals surface area contributed by atoms with E-state index in [1.54, 1.807) is 16.6 Å². The van der Waals surface area contributed by atoms with Gasteiger partial charge in [0, 0.05) is 19.5 Å². The minimum absolute atomic E-state index is 0.00755. The van der Waals surface area contributed by atoms with Gasteiger partial charge >= 0.3 is 5.97 Å². The maximum Gasteiger partial charge on any atom is 0.309 e. The van der Waals surface area contributed by atoms with Gasteiger partial charge < -0.3 is 4.74 Å². The highest BCUT2D eigenvalue weighted by atomic mass is 16.5. The normalized spacial score (nSPS) is 16.7. The van der Waals surface area contributed by atoms with Gasteiger partial charge in [-0.05, 0) is 51.4 Å². The lowest BCUT2D eigenvalue weighted by molar-refractivity contribution is -0.149. The summed E-state index contributed by atoms with van der Waals surface area (Å²) in [4.78, 5) is 33.4. The molecular formula is C23H29N5O3. The number of likely N-dealkylation sites (N-methyl/N-ethyl adjacent to an activating group) is 1. The third-order valence-electron chi connectivity index (χ3n) is 5.93. The fourth-order valence-corrected chi connectivity index (χ4v) is 4.17. The van der Waals surface area contributed by atoms with Gasteiger partial charge in [-0.1, -0.05) is 18.2 Å². The molecule has 4 rings (SSSR count). The number of benzene rings is 1. The van der Waals surface area contributed by atoms with E-state index in [1.165, 1.54) is 0 Å². The van der Waals surface area contributed by atoms with Crippen molar-refractivity contribution in [1.82, 2.24) is 14.7 Å². The van der Waals surface area contributed by atoms with Crippen LogP contribution in [0.25, 0.3) is 0 Å². The Morgan fingerprint density at radius 3 is 2.68 bits per heavy atom. The van der Waals surface area contributed by atoms with E-state index >= 15 is 0 Å². The third kappa shape index (κ3) is 4.54. The van der Waals surface area contributed by atoms with E-state index in [2.05, 4.69) is 16.1 Å². The molecule has 8 heteroatoms. The van der Waals surface area contributed by atoms with Gasteiger partial charge in [0.2, 0.25) is 5.91 Å². The number of carbonyl (C=O) groups excluding carboxylic acids is 2. The number of para-hydroxylation sites is 1. The first-order valence-corrected chi connectivity index (χ1v) is 10.8. The first-order valence-electron chi connectivity index (χ1n) is 10.8. The second-order valence-corrected chi connectivity index (χ2v) is 8.14. The molecule has 2 aliphatic rings. The fourth-order valence-electron chi connectivity index (χ4n) is 4.17. The predicted octanol–water partition coefficient (Wildman–Crippen LogP) is 2.56. The topological polar surface area (TPSA) is 80.0 Å². The van der Waals surface area contributed by atoms with Crippen molar-refractivity contribution in [3.05, 3.63) is 41.6 Å². The third-order valence-corrected chi connectivity index (χ3v) is 5.93. The summed E-state index contributed by atoms with van der Waals surface area (Å²) >= 11 is 0. The number of likely N-dealkylation sites (tertiary alicyclic amines) is 1. The van der Waals surface area contributed by atoms with Gasteiger partial charge in [-0.3, -0.25) is 19.4 Å². The van der Waals surface area contributed by atoms with Crippen LogP contribution in [0.15, 0.2) is 35.3 Å². The molecule has 0 spiro atoms. The van der Waals surface area contributed by atoms with Gasteiger partial charge in [-0.15, -0.1) is 0 Å². The molecule has 31 heavy (non-hydrogen) atoms. The minimum Gasteiger partial charge on any atom is -0.466 e. The summed E-state index contributed by atoms with van der Waals surface area (Å²) in [6.07, 6.45) is 2.14. The number of rotatable bonds is 5.